The van der Waals surface area contributed by atoms with Gasteiger partial charge in [0.05, 0.1) is 0 Å². The molecule has 2 rings (SSSR count). The van der Waals surface area contributed by atoms with E-state index >= 15 is 0 Å². The molecule has 0 aliphatic carbocycles. The first kappa shape index (κ1) is 12.1. The van der Waals surface area contributed by atoms with Crippen molar-refractivity contribution < 1.29 is 17.9 Å². The van der Waals surface area contributed by atoms with Gasteiger partial charge in [-0.2, -0.15) is 0 Å². The number of hydrogen-bond acceptors (Lipinski definition) is 2. The third-order valence-corrected chi connectivity index (χ3v) is 2.01. The number of rotatable bonds is 2. The van der Waals surface area contributed by atoms with E-state index in [1.807, 2.05) is 0 Å². The highest BCUT2D eigenvalue weighted by molar-refractivity contribution is 5.85. The number of nitrogens with one attached hydrogen (secondary N) is 1. The molecular formula is C9H9ClF3NO. The zero-order chi connectivity index (χ0) is 10.1. The van der Waals surface area contributed by atoms with Crippen LogP contribution in [-0.2, 0) is 0 Å². The molecule has 0 aromatic heterocycles. The van der Waals surface area contributed by atoms with E-state index in [2.05, 4.69) is 5.32 Å². The van der Waals surface area contributed by atoms with Gasteiger partial charge in [0.15, 0.2) is 23.2 Å². The zero-order valence-corrected chi connectivity index (χ0v) is 8.41. The molecule has 1 aromatic carbocycles. The van der Waals surface area contributed by atoms with Crippen LogP contribution in [0, 0.1) is 17.5 Å². The quantitative estimate of drug-likeness (QED) is 0.796. The highest BCUT2D eigenvalue weighted by Gasteiger charge is 2.21. The molecule has 2 nitrogen and oxygen atoms in total. The Labute approximate surface area is 90.8 Å². The molecule has 1 N–H and O–H groups in total. The predicted octanol–water partition coefficient (Wildman–Crippen LogP) is 1.88. The van der Waals surface area contributed by atoms with Crippen LogP contribution >= 0.6 is 12.4 Å². The topological polar surface area (TPSA) is 21.3 Å². The van der Waals surface area contributed by atoms with Crippen LogP contribution in [0.4, 0.5) is 13.2 Å². The Kier molecular flexibility index (Phi) is 3.82. The summed E-state index contributed by atoms with van der Waals surface area (Å²) in [5.74, 6) is -3.43. The average molecular weight is 240 g/mol. The molecule has 84 valence electrons. The first-order chi connectivity index (χ1) is 6.66. The summed E-state index contributed by atoms with van der Waals surface area (Å²) in [5, 5.41) is 2.91. The molecule has 0 atom stereocenters. The molecule has 0 amide bonds. The van der Waals surface area contributed by atoms with Crippen molar-refractivity contribution in [2.75, 3.05) is 13.1 Å². The fraction of sp³-hybridized carbons (Fsp3) is 0.333. The van der Waals surface area contributed by atoms with Crippen molar-refractivity contribution in [1.29, 1.82) is 0 Å². The number of ether oxygens (including phenoxy) is 1. The SMILES string of the molecule is Cl.Fc1cc(F)c(OC2CNC2)cc1F. The molecule has 0 saturated carbocycles. The van der Waals surface area contributed by atoms with Gasteiger partial charge >= 0.3 is 0 Å². The van der Waals surface area contributed by atoms with Crippen molar-refractivity contribution in [3.63, 3.8) is 0 Å². The van der Waals surface area contributed by atoms with Crippen molar-refractivity contribution in [2.45, 2.75) is 6.10 Å². The zero-order valence-electron chi connectivity index (χ0n) is 7.60. The van der Waals surface area contributed by atoms with E-state index in [0.717, 1.165) is 6.07 Å². The Morgan fingerprint density at radius 1 is 1.07 bits per heavy atom. The lowest BCUT2D eigenvalue weighted by atomic mass is 10.2. The van der Waals surface area contributed by atoms with E-state index in [0.29, 0.717) is 19.2 Å². The van der Waals surface area contributed by atoms with Crippen molar-refractivity contribution >= 4 is 12.4 Å². The van der Waals surface area contributed by atoms with Gasteiger partial charge in [-0.25, -0.2) is 13.2 Å². The molecule has 1 aromatic rings. The summed E-state index contributed by atoms with van der Waals surface area (Å²) in [7, 11) is 0. The van der Waals surface area contributed by atoms with E-state index in [4.69, 9.17) is 4.74 Å². The Balaban J connectivity index is 0.00000112. The monoisotopic (exact) mass is 239 g/mol. The fourth-order valence-corrected chi connectivity index (χ4v) is 1.12. The minimum atomic E-state index is -1.21. The number of halogens is 4. The summed E-state index contributed by atoms with van der Waals surface area (Å²) >= 11 is 0. The van der Waals surface area contributed by atoms with Crippen LogP contribution in [0.5, 0.6) is 5.75 Å². The Morgan fingerprint density at radius 2 is 1.67 bits per heavy atom. The van der Waals surface area contributed by atoms with Gasteiger partial charge in [0.2, 0.25) is 0 Å². The Hall–Kier alpha value is -0.940. The van der Waals surface area contributed by atoms with E-state index in [9.17, 15) is 13.2 Å². The van der Waals surface area contributed by atoms with E-state index < -0.39 is 17.5 Å². The van der Waals surface area contributed by atoms with Gasteiger partial charge < -0.3 is 10.1 Å². The second-order valence-corrected chi connectivity index (χ2v) is 3.09. The van der Waals surface area contributed by atoms with Gasteiger partial charge in [-0.15, -0.1) is 12.4 Å². The van der Waals surface area contributed by atoms with Crippen LogP contribution in [0.2, 0.25) is 0 Å². The molecule has 15 heavy (non-hydrogen) atoms. The van der Waals surface area contributed by atoms with Crippen molar-refractivity contribution in [2.24, 2.45) is 0 Å². The van der Waals surface area contributed by atoms with Crippen molar-refractivity contribution in [3.05, 3.63) is 29.6 Å². The Bertz CT molecular complexity index is 357. The maximum Gasteiger partial charge on any atom is 0.168 e. The highest BCUT2D eigenvalue weighted by atomic mass is 35.5. The second kappa shape index (κ2) is 4.72. The normalized spacial score (nSPS) is 15.4. The number of benzene rings is 1. The van der Waals surface area contributed by atoms with Crippen LogP contribution in [0.3, 0.4) is 0 Å². The molecule has 0 bridgehead atoms. The smallest absolute Gasteiger partial charge is 0.168 e. The molecule has 1 aliphatic rings. The minimum absolute atomic E-state index is 0. The summed E-state index contributed by atoms with van der Waals surface area (Å²) in [6.07, 6.45) is -0.158. The summed E-state index contributed by atoms with van der Waals surface area (Å²) in [4.78, 5) is 0. The van der Waals surface area contributed by atoms with E-state index in [1.54, 1.807) is 0 Å². The molecule has 0 spiro atoms. The van der Waals surface area contributed by atoms with Crippen LogP contribution in [0.25, 0.3) is 0 Å². The van der Waals surface area contributed by atoms with Gasteiger partial charge in [0.1, 0.15) is 6.10 Å². The lowest BCUT2D eigenvalue weighted by Crippen LogP contribution is -2.50. The molecular weight excluding hydrogens is 231 g/mol. The molecule has 0 radical (unpaired) electrons. The van der Waals surface area contributed by atoms with Crippen LogP contribution in [-0.4, -0.2) is 19.2 Å². The van der Waals surface area contributed by atoms with Crippen LogP contribution in [0.15, 0.2) is 12.1 Å². The van der Waals surface area contributed by atoms with Crippen LogP contribution < -0.4 is 10.1 Å². The van der Waals surface area contributed by atoms with Gasteiger partial charge in [0.25, 0.3) is 0 Å². The van der Waals surface area contributed by atoms with Crippen LogP contribution in [0.1, 0.15) is 0 Å². The van der Waals surface area contributed by atoms with E-state index in [-0.39, 0.29) is 24.3 Å². The molecule has 0 unspecified atom stereocenters. The highest BCUT2D eigenvalue weighted by Crippen LogP contribution is 2.22. The van der Waals surface area contributed by atoms with Crippen molar-refractivity contribution in [3.8, 4) is 5.75 Å². The predicted molar refractivity (Wildman–Crippen MR) is 50.8 cm³/mol. The fourth-order valence-electron chi connectivity index (χ4n) is 1.12. The third kappa shape index (κ3) is 2.54. The van der Waals surface area contributed by atoms with Gasteiger partial charge in [-0.05, 0) is 0 Å². The first-order valence-corrected chi connectivity index (χ1v) is 4.19. The molecule has 6 heteroatoms. The van der Waals surface area contributed by atoms with Gasteiger partial charge in [0, 0.05) is 25.2 Å². The first-order valence-electron chi connectivity index (χ1n) is 4.19. The second-order valence-electron chi connectivity index (χ2n) is 3.09. The Morgan fingerprint density at radius 3 is 2.20 bits per heavy atom. The summed E-state index contributed by atoms with van der Waals surface area (Å²) in [5.41, 5.74) is 0. The minimum Gasteiger partial charge on any atom is -0.485 e. The average Bonchev–Trinajstić information content (AvgIpc) is 2.06. The standard InChI is InChI=1S/C9H8F3NO.ClH/c10-6-1-8(12)9(2-7(6)11)14-5-3-13-4-5;/h1-2,5,13H,3-4H2;1H. The lowest BCUT2D eigenvalue weighted by Gasteiger charge is -2.27. The number of hydrogen-bond donors (Lipinski definition) is 1. The largest absolute Gasteiger partial charge is 0.485 e. The molecule has 1 saturated heterocycles. The van der Waals surface area contributed by atoms with Crippen molar-refractivity contribution in [1.82, 2.24) is 5.32 Å². The summed E-state index contributed by atoms with van der Waals surface area (Å²) in [6.45, 7) is 1.19. The van der Waals surface area contributed by atoms with E-state index in [1.165, 1.54) is 0 Å². The molecule has 1 heterocycles. The molecule has 1 fully saturated rings. The maximum atomic E-state index is 13.0. The third-order valence-electron chi connectivity index (χ3n) is 2.01. The summed E-state index contributed by atoms with van der Waals surface area (Å²) in [6, 6.07) is 1.21. The van der Waals surface area contributed by atoms with Gasteiger partial charge in [-0.3, -0.25) is 0 Å². The lowest BCUT2D eigenvalue weighted by molar-refractivity contribution is 0.135. The molecule has 1 aliphatic heterocycles. The maximum absolute atomic E-state index is 13.0. The summed E-state index contributed by atoms with van der Waals surface area (Å²) < 4.78 is 43.3. The van der Waals surface area contributed by atoms with Gasteiger partial charge in [-0.1, -0.05) is 0 Å².